The van der Waals surface area contributed by atoms with Gasteiger partial charge in [-0.2, -0.15) is 13.3 Å². The Balaban J connectivity index is 4.18. The molecule has 0 aliphatic heterocycles. The van der Waals surface area contributed by atoms with Crippen molar-refractivity contribution in [2.24, 2.45) is 0 Å². The van der Waals surface area contributed by atoms with Gasteiger partial charge >= 0.3 is 23.1 Å². The smallest absolute Gasteiger partial charge is 0.282 e. The Morgan fingerprint density at radius 1 is 0.960 bits per heavy atom. The average Bonchev–Trinajstić information content (AvgIpc) is 2.44. The van der Waals surface area contributed by atoms with Gasteiger partial charge in [0.2, 0.25) is 0 Å². The summed E-state index contributed by atoms with van der Waals surface area (Å²) in [6.45, 7) is 8.37. The van der Waals surface area contributed by atoms with Crippen LogP contribution in [0.2, 0.25) is 0 Å². The molecule has 0 bridgehead atoms. The van der Waals surface area contributed by atoms with E-state index >= 15 is 0 Å². The number of rotatable bonds is 12. The minimum Gasteiger partial charge on any atom is -0.282 e. The minimum absolute atomic E-state index is 0.0162. The fourth-order valence-corrected chi connectivity index (χ4v) is 4.13. The maximum atomic E-state index is 11.0. The van der Waals surface area contributed by atoms with Gasteiger partial charge in [0.05, 0.1) is 0 Å². The lowest BCUT2D eigenvalue weighted by Gasteiger charge is -2.03. The first-order valence-electron chi connectivity index (χ1n) is 8.60. The minimum atomic E-state index is -4.47. The van der Waals surface area contributed by atoms with Crippen molar-refractivity contribution in [3.63, 3.8) is 0 Å². The molecule has 25 heavy (non-hydrogen) atoms. The van der Waals surface area contributed by atoms with Crippen LogP contribution in [0.5, 0.6) is 0 Å². The molecule has 144 valence electrons. The summed E-state index contributed by atoms with van der Waals surface area (Å²) >= 11 is 0. The molecule has 2 unspecified atom stereocenters. The summed E-state index contributed by atoms with van der Waals surface area (Å²) < 4.78 is 41.9. The molecule has 0 rings (SSSR count). The van der Waals surface area contributed by atoms with Crippen molar-refractivity contribution < 1.29 is 22.4 Å². The number of hydrogen-bond acceptors (Lipinski definition) is 3. The summed E-state index contributed by atoms with van der Waals surface area (Å²) in [6, 6.07) is 0. The van der Waals surface area contributed by atoms with E-state index in [1.807, 2.05) is 13.0 Å². The highest BCUT2D eigenvalue weighted by Crippen LogP contribution is 2.31. The molecule has 0 aliphatic rings. The van der Waals surface area contributed by atoms with Crippen LogP contribution < -0.4 is 0 Å². The maximum Gasteiger partial charge on any atom is 0.527 e. The quantitative estimate of drug-likeness (QED) is 0.198. The van der Waals surface area contributed by atoms with Gasteiger partial charge in [0, 0.05) is 6.42 Å². The van der Waals surface area contributed by atoms with E-state index in [2.05, 4.69) is 32.9 Å². The second-order valence-electron chi connectivity index (χ2n) is 6.66. The molecule has 2 atom stereocenters. The molecular formula is C18H32O5PS+. The third-order valence-corrected chi connectivity index (χ3v) is 6.88. The van der Waals surface area contributed by atoms with Crippen LogP contribution in [-0.4, -0.2) is 22.9 Å². The molecule has 0 fully saturated rings. The Kier molecular flexibility index (Phi) is 12.1. The van der Waals surface area contributed by atoms with E-state index in [0.717, 1.165) is 25.7 Å². The molecule has 0 amide bonds. The van der Waals surface area contributed by atoms with Gasteiger partial charge in [-0.1, -0.05) is 34.9 Å². The SMILES string of the molecule is CC(C)=CCC/C(C)=C/CC/C(C)=C/CCCC([P+](=O)O)S(=O)(=O)O. The average molecular weight is 391 g/mol. The first kappa shape index (κ1) is 24.2. The lowest BCUT2D eigenvalue weighted by Crippen LogP contribution is -2.16. The van der Waals surface area contributed by atoms with Crippen LogP contribution in [0.25, 0.3) is 0 Å². The number of allylic oxidation sites excluding steroid dienone is 6. The summed E-state index contributed by atoms with van der Waals surface area (Å²) in [5, 5.41) is 0. The molecule has 2 N–H and O–H groups in total. The van der Waals surface area contributed by atoms with Gasteiger partial charge < -0.3 is 0 Å². The van der Waals surface area contributed by atoms with Crippen molar-refractivity contribution in [1.29, 1.82) is 0 Å². The van der Waals surface area contributed by atoms with E-state index < -0.39 is 23.1 Å². The highest BCUT2D eigenvalue weighted by Gasteiger charge is 2.40. The standard InChI is InChI=1S/C18H31O5PS/c1-15(2)9-7-11-17(4)13-8-12-16(3)10-5-6-14-18(24(19)20)25(21,22)23/h9-10,13,18H,5-8,11-12,14H2,1-4H3,(H-,19,20,21,22,23)/p+1/b16-10+,17-13+. The van der Waals surface area contributed by atoms with Crippen LogP contribution >= 0.6 is 8.03 Å². The molecule has 0 radical (unpaired) electrons. The third-order valence-electron chi connectivity index (χ3n) is 3.86. The molecule has 0 aromatic carbocycles. The second-order valence-corrected chi connectivity index (χ2v) is 9.84. The number of hydrogen-bond donors (Lipinski definition) is 2. The molecular weight excluding hydrogens is 359 g/mol. The summed E-state index contributed by atoms with van der Waals surface area (Å²) in [7, 11) is -7.40. The van der Waals surface area contributed by atoms with E-state index in [4.69, 9.17) is 9.45 Å². The van der Waals surface area contributed by atoms with Crippen LogP contribution in [0.4, 0.5) is 0 Å². The first-order valence-corrected chi connectivity index (χ1v) is 11.4. The van der Waals surface area contributed by atoms with Crippen LogP contribution in [0, 0.1) is 0 Å². The molecule has 0 spiro atoms. The maximum absolute atomic E-state index is 11.0. The summed E-state index contributed by atoms with van der Waals surface area (Å²) in [5.74, 6) is 0. The van der Waals surface area contributed by atoms with Crippen molar-refractivity contribution >= 4 is 18.1 Å². The summed E-state index contributed by atoms with van der Waals surface area (Å²) in [6.07, 6.45) is 11.6. The van der Waals surface area contributed by atoms with Crippen LogP contribution in [0.3, 0.4) is 0 Å². The van der Waals surface area contributed by atoms with Gasteiger partial charge in [0.15, 0.2) is 0 Å². The van der Waals surface area contributed by atoms with E-state index in [1.54, 1.807) is 0 Å². The van der Waals surface area contributed by atoms with Crippen LogP contribution in [0.15, 0.2) is 34.9 Å². The van der Waals surface area contributed by atoms with Crippen LogP contribution in [0.1, 0.15) is 72.6 Å². The van der Waals surface area contributed by atoms with E-state index in [-0.39, 0.29) is 6.42 Å². The molecule has 0 aromatic heterocycles. The lowest BCUT2D eigenvalue weighted by atomic mass is 10.1. The normalized spacial score (nSPS) is 15.0. The Morgan fingerprint density at radius 3 is 1.88 bits per heavy atom. The summed E-state index contributed by atoms with van der Waals surface area (Å²) in [5.41, 5.74) is 3.94. The van der Waals surface area contributed by atoms with E-state index in [9.17, 15) is 13.0 Å². The lowest BCUT2D eigenvalue weighted by molar-refractivity contribution is 0.458. The van der Waals surface area contributed by atoms with Gasteiger partial charge in [-0.05, 0) is 70.8 Å². The van der Waals surface area contributed by atoms with Gasteiger partial charge in [-0.25, -0.2) is 0 Å². The highest BCUT2D eigenvalue weighted by atomic mass is 32.2. The predicted octanol–water partition coefficient (Wildman–Crippen LogP) is 5.52. The molecule has 0 aromatic rings. The first-order chi connectivity index (χ1) is 11.5. The second kappa shape index (κ2) is 12.5. The fraction of sp³-hybridized carbons (Fsp3) is 0.667. The Morgan fingerprint density at radius 2 is 1.44 bits per heavy atom. The zero-order chi connectivity index (χ0) is 19.5. The van der Waals surface area contributed by atoms with E-state index in [1.165, 1.54) is 16.7 Å². The molecule has 0 heterocycles. The van der Waals surface area contributed by atoms with Crippen molar-refractivity contribution in [1.82, 2.24) is 0 Å². The van der Waals surface area contributed by atoms with Gasteiger partial charge in [-0.3, -0.25) is 4.55 Å². The van der Waals surface area contributed by atoms with Gasteiger partial charge in [-0.15, -0.1) is 0 Å². The highest BCUT2D eigenvalue weighted by molar-refractivity contribution is 7.92. The van der Waals surface area contributed by atoms with Crippen molar-refractivity contribution in [2.75, 3.05) is 0 Å². The Bertz CT molecular complexity index is 613. The van der Waals surface area contributed by atoms with Crippen LogP contribution in [-0.2, 0) is 14.7 Å². The topological polar surface area (TPSA) is 91.7 Å². The number of unbranched alkanes of at least 4 members (excludes halogenated alkanes) is 1. The molecule has 0 saturated heterocycles. The van der Waals surface area contributed by atoms with Gasteiger partial charge in [0.25, 0.3) is 0 Å². The van der Waals surface area contributed by atoms with E-state index in [0.29, 0.717) is 12.8 Å². The van der Waals surface area contributed by atoms with Crippen molar-refractivity contribution in [3.8, 4) is 0 Å². The summed E-state index contributed by atoms with van der Waals surface area (Å²) in [4.78, 5) is 7.38. The zero-order valence-electron chi connectivity index (χ0n) is 15.7. The molecule has 0 aliphatic carbocycles. The predicted molar refractivity (Wildman–Crippen MR) is 104 cm³/mol. The van der Waals surface area contributed by atoms with Crippen molar-refractivity contribution in [2.45, 2.75) is 77.6 Å². The third kappa shape index (κ3) is 13.1. The molecule has 7 heteroatoms. The Labute approximate surface area is 153 Å². The zero-order valence-corrected chi connectivity index (χ0v) is 17.4. The molecule has 0 saturated carbocycles. The monoisotopic (exact) mass is 391 g/mol. The fourth-order valence-electron chi connectivity index (χ4n) is 2.35. The molecule has 5 nitrogen and oxygen atoms in total. The largest absolute Gasteiger partial charge is 0.527 e. The van der Waals surface area contributed by atoms with Crippen molar-refractivity contribution in [3.05, 3.63) is 34.9 Å². The van der Waals surface area contributed by atoms with Gasteiger partial charge in [0.1, 0.15) is 0 Å². The Hall–Kier alpha value is -0.810.